The van der Waals surface area contributed by atoms with Crippen molar-refractivity contribution in [3.63, 3.8) is 0 Å². The van der Waals surface area contributed by atoms with Crippen LogP contribution in [0.5, 0.6) is 0 Å². The van der Waals surface area contributed by atoms with Crippen LogP contribution < -0.4 is 16.6 Å². The van der Waals surface area contributed by atoms with Crippen LogP contribution >= 0.6 is 0 Å². The van der Waals surface area contributed by atoms with Gasteiger partial charge in [0.05, 0.1) is 5.39 Å². The molecule has 0 unspecified atom stereocenters. The molecule has 0 saturated heterocycles. The molecule has 1 N–H and O–H groups in total. The number of nitrogens with zero attached hydrogens (tertiary/aromatic N) is 3. The lowest BCUT2D eigenvalue weighted by Crippen LogP contribution is -2.37. The molecule has 8 heteroatoms. The van der Waals surface area contributed by atoms with Crippen molar-refractivity contribution in [2.45, 2.75) is 44.4 Å². The maximum Gasteiger partial charge on any atom is 0.332 e. The van der Waals surface area contributed by atoms with Gasteiger partial charge in [-0.05, 0) is 67.9 Å². The monoisotopic (exact) mass is 452 g/mol. The summed E-state index contributed by atoms with van der Waals surface area (Å²) in [6.45, 7) is 0.657. The fourth-order valence-corrected chi connectivity index (χ4v) is 4.61. The number of benzene rings is 1. The molecule has 1 aliphatic rings. The normalized spacial score (nSPS) is 18.4. The van der Waals surface area contributed by atoms with Crippen molar-refractivity contribution < 1.29 is 9.18 Å². The zero-order valence-corrected chi connectivity index (χ0v) is 19.0. The lowest BCUT2D eigenvalue weighted by Gasteiger charge is -2.28. The fourth-order valence-electron chi connectivity index (χ4n) is 4.61. The summed E-state index contributed by atoms with van der Waals surface area (Å²) in [5, 5.41) is 3.48. The van der Waals surface area contributed by atoms with Crippen LogP contribution in [0, 0.1) is 11.7 Å². The fraction of sp³-hybridized carbons (Fsp3) is 0.440. The molecule has 1 fully saturated rings. The van der Waals surface area contributed by atoms with E-state index in [2.05, 4.69) is 10.3 Å². The summed E-state index contributed by atoms with van der Waals surface area (Å²) >= 11 is 0. The Labute approximate surface area is 191 Å². The Morgan fingerprint density at radius 1 is 1.03 bits per heavy atom. The molecule has 2 heterocycles. The maximum absolute atomic E-state index is 13.0. The molecule has 1 aliphatic carbocycles. The van der Waals surface area contributed by atoms with Gasteiger partial charge >= 0.3 is 5.69 Å². The van der Waals surface area contributed by atoms with Gasteiger partial charge in [-0.1, -0.05) is 12.1 Å². The van der Waals surface area contributed by atoms with Crippen LogP contribution in [-0.2, 0) is 25.3 Å². The maximum atomic E-state index is 13.0. The average molecular weight is 453 g/mol. The van der Waals surface area contributed by atoms with Crippen molar-refractivity contribution >= 4 is 16.9 Å². The van der Waals surface area contributed by atoms with Crippen molar-refractivity contribution in [2.75, 3.05) is 6.54 Å². The molecule has 0 spiro atoms. The molecule has 1 amide bonds. The molecule has 0 aliphatic heterocycles. The predicted octanol–water partition coefficient (Wildman–Crippen LogP) is 2.79. The molecule has 1 saturated carbocycles. The zero-order chi connectivity index (χ0) is 23.5. The average Bonchev–Trinajstić information content (AvgIpc) is 2.84. The molecule has 3 aromatic rings. The number of nitrogens with one attached hydrogen (secondary N) is 1. The van der Waals surface area contributed by atoms with Gasteiger partial charge in [-0.3, -0.25) is 18.7 Å². The summed E-state index contributed by atoms with van der Waals surface area (Å²) in [5.74, 6) is 0.443. The summed E-state index contributed by atoms with van der Waals surface area (Å²) in [7, 11) is 3.11. The topological polar surface area (TPSA) is 86.0 Å². The van der Waals surface area contributed by atoms with E-state index >= 15 is 0 Å². The summed E-state index contributed by atoms with van der Waals surface area (Å²) in [4.78, 5) is 41.5. The van der Waals surface area contributed by atoms with Gasteiger partial charge < -0.3 is 5.32 Å². The number of fused-ring (bicyclic) bond motifs is 1. The third-order valence-corrected chi connectivity index (χ3v) is 6.73. The third kappa shape index (κ3) is 5.05. The van der Waals surface area contributed by atoms with Gasteiger partial charge in [0.15, 0.2) is 0 Å². The van der Waals surface area contributed by atoms with E-state index in [9.17, 15) is 18.8 Å². The van der Waals surface area contributed by atoms with Crippen LogP contribution in [0.2, 0.25) is 0 Å². The van der Waals surface area contributed by atoms with Crippen LogP contribution in [-0.4, -0.2) is 26.6 Å². The number of hydrogen-bond donors (Lipinski definition) is 1. The van der Waals surface area contributed by atoms with E-state index in [0.717, 1.165) is 41.5 Å². The van der Waals surface area contributed by atoms with E-state index in [-0.39, 0.29) is 28.9 Å². The van der Waals surface area contributed by atoms with Crippen LogP contribution in [0.15, 0.2) is 46.0 Å². The Morgan fingerprint density at radius 2 is 1.73 bits per heavy atom. The highest BCUT2D eigenvalue weighted by Crippen LogP contribution is 2.35. The lowest BCUT2D eigenvalue weighted by atomic mass is 9.80. The van der Waals surface area contributed by atoms with Crippen molar-refractivity contribution in [3.05, 3.63) is 74.3 Å². The molecule has 2 aromatic heterocycles. The summed E-state index contributed by atoms with van der Waals surface area (Å²) < 4.78 is 15.5. The minimum atomic E-state index is -0.379. The highest BCUT2D eigenvalue weighted by atomic mass is 19.1. The first-order valence-corrected chi connectivity index (χ1v) is 11.4. The highest BCUT2D eigenvalue weighted by Gasteiger charge is 2.24. The number of carbonyl (C=O) groups excluding carboxylic acids is 1. The van der Waals surface area contributed by atoms with Gasteiger partial charge in [0, 0.05) is 38.7 Å². The van der Waals surface area contributed by atoms with Gasteiger partial charge in [0.2, 0.25) is 5.91 Å². The van der Waals surface area contributed by atoms with Gasteiger partial charge in [-0.25, -0.2) is 14.2 Å². The second-order valence-corrected chi connectivity index (χ2v) is 8.96. The molecular weight excluding hydrogens is 423 g/mol. The Balaban J connectivity index is 1.30. The van der Waals surface area contributed by atoms with Crippen LogP contribution in [0.3, 0.4) is 0 Å². The second-order valence-electron chi connectivity index (χ2n) is 8.96. The van der Waals surface area contributed by atoms with E-state index in [1.165, 1.54) is 23.7 Å². The number of aryl methyl sites for hydroxylation is 2. The molecule has 1 aromatic carbocycles. The number of aromatic nitrogens is 3. The summed E-state index contributed by atoms with van der Waals surface area (Å²) in [6, 6.07) is 9.91. The highest BCUT2D eigenvalue weighted by molar-refractivity contribution is 5.76. The van der Waals surface area contributed by atoms with Gasteiger partial charge in [-0.15, -0.1) is 0 Å². The molecule has 0 atom stereocenters. The molecule has 4 rings (SSSR count). The Bertz CT molecular complexity index is 1270. The van der Waals surface area contributed by atoms with E-state index in [0.29, 0.717) is 36.3 Å². The number of rotatable bonds is 6. The van der Waals surface area contributed by atoms with E-state index < -0.39 is 0 Å². The Hall–Kier alpha value is -3.29. The molecular formula is C25H29FN4O3. The van der Waals surface area contributed by atoms with Crippen molar-refractivity contribution in [1.29, 1.82) is 0 Å². The Kier molecular flexibility index (Phi) is 6.72. The van der Waals surface area contributed by atoms with Gasteiger partial charge in [0.25, 0.3) is 5.56 Å². The van der Waals surface area contributed by atoms with E-state index in [1.807, 2.05) is 6.07 Å². The number of hydrogen-bond acceptors (Lipinski definition) is 4. The number of pyridine rings is 1. The molecule has 7 nitrogen and oxygen atoms in total. The third-order valence-electron chi connectivity index (χ3n) is 6.73. The van der Waals surface area contributed by atoms with Crippen LogP contribution in [0.25, 0.3) is 11.0 Å². The van der Waals surface area contributed by atoms with Crippen molar-refractivity contribution in [3.8, 4) is 0 Å². The van der Waals surface area contributed by atoms with Crippen molar-refractivity contribution in [1.82, 2.24) is 19.4 Å². The minimum absolute atomic E-state index is 0.0140. The van der Waals surface area contributed by atoms with Crippen LogP contribution in [0.4, 0.5) is 4.39 Å². The first kappa shape index (κ1) is 22.9. The zero-order valence-electron chi connectivity index (χ0n) is 19.0. The predicted molar refractivity (Wildman–Crippen MR) is 125 cm³/mol. The van der Waals surface area contributed by atoms with E-state index in [1.54, 1.807) is 25.2 Å². The molecule has 33 heavy (non-hydrogen) atoms. The smallest absolute Gasteiger partial charge is 0.332 e. The summed E-state index contributed by atoms with van der Waals surface area (Å²) in [5.41, 5.74) is 1.58. The van der Waals surface area contributed by atoms with E-state index in [4.69, 9.17) is 0 Å². The van der Waals surface area contributed by atoms with Crippen LogP contribution in [0.1, 0.15) is 49.3 Å². The van der Waals surface area contributed by atoms with Crippen molar-refractivity contribution in [2.24, 2.45) is 20.0 Å². The Morgan fingerprint density at radius 3 is 2.42 bits per heavy atom. The second kappa shape index (κ2) is 9.68. The molecule has 174 valence electrons. The quantitative estimate of drug-likeness (QED) is 0.623. The molecule has 0 bridgehead atoms. The SMILES string of the molecule is Cn1c(=O)c2ccc(C3CCC(CNC(=O)CCc4ccc(F)cc4)CC3)nc2n(C)c1=O. The first-order valence-electron chi connectivity index (χ1n) is 11.4. The van der Waals surface area contributed by atoms with Gasteiger partial charge in [0.1, 0.15) is 11.5 Å². The minimum Gasteiger partial charge on any atom is -0.356 e. The number of amides is 1. The van der Waals surface area contributed by atoms with Gasteiger partial charge in [-0.2, -0.15) is 0 Å². The lowest BCUT2D eigenvalue weighted by molar-refractivity contribution is -0.121. The first-order chi connectivity index (χ1) is 15.8. The number of halogens is 1. The number of carbonyl (C=O) groups is 1. The molecule has 0 radical (unpaired) electrons. The standard InChI is InChI=1S/C25H29FN4O3/c1-29-23-20(24(32)30(2)25(29)33)12-13-21(28-23)18-8-3-17(4-9-18)15-27-22(31)14-7-16-5-10-19(26)11-6-16/h5-6,10-13,17-18H,3-4,7-9,14-15H2,1-2H3,(H,27,31). The largest absolute Gasteiger partial charge is 0.356 e. The summed E-state index contributed by atoms with van der Waals surface area (Å²) in [6.07, 6.45) is 4.86.